The third-order valence-corrected chi connectivity index (χ3v) is 7.56. The Morgan fingerprint density at radius 2 is 1.72 bits per heavy atom. The predicted molar refractivity (Wildman–Crippen MR) is 116 cm³/mol. The number of anilines is 1. The van der Waals surface area contributed by atoms with E-state index < -0.39 is 40.5 Å². The van der Waals surface area contributed by atoms with E-state index >= 15 is 0 Å². The van der Waals surface area contributed by atoms with Crippen molar-refractivity contribution in [3.8, 4) is 0 Å². The lowest BCUT2D eigenvalue weighted by Crippen LogP contribution is -2.22. The summed E-state index contributed by atoms with van der Waals surface area (Å²) in [4.78, 5) is 23.7. The van der Waals surface area contributed by atoms with Crippen molar-refractivity contribution in [1.29, 1.82) is 0 Å². The molecule has 0 saturated heterocycles. The van der Waals surface area contributed by atoms with Crippen LogP contribution in [0.1, 0.15) is 17.5 Å². The van der Waals surface area contributed by atoms with Crippen LogP contribution in [0.25, 0.3) is 0 Å². The maximum absolute atomic E-state index is 12.3. The molecule has 156 valence electrons. The van der Waals surface area contributed by atoms with Crippen molar-refractivity contribution in [3.05, 3.63) is 56.0 Å². The van der Waals surface area contributed by atoms with E-state index in [1.807, 2.05) is 13.8 Å². The molecule has 10 heteroatoms. The van der Waals surface area contributed by atoms with Crippen LogP contribution in [-0.4, -0.2) is 32.7 Å². The Balaban J connectivity index is 1.88. The second kappa shape index (κ2) is 9.93. The Morgan fingerprint density at radius 3 is 2.34 bits per heavy atom. The molecule has 0 saturated carbocycles. The first kappa shape index (κ1) is 23.7. The maximum atomic E-state index is 12.3. The molecule has 6 nitrogen and oxygen atoms in total. The molecular weight excluding hydrogens is 505 g/mol. The van der Waals surface area contributed by atoms with Crippen LogP contribution >= 0.6 is 39.1 Å². The highest BCUT2D eigenvalue weighted by atomic mass is 79.9. The summed E-state index contributed by atoms with van der Waals surface area (Å²) < 4.78 is 30.5. The van der Waals surface area contributed by atoms with Gasteiger partial charge in [0.15, 0.2) is 16.4 Å². The van der Waals surface area contributed by atoms with Gasteiger partial charge in [-0.05, 0) is 55.3 Å². The first-order chi connectivity index (χ1) is 13.5. The van der Waals surface area contributed by atoms with Gasteiger partial charge in [-0.2, -0.15) is 0 Å². The van der Waals surface area contributed by atoms with Gasteiger partial charge in [0.2, 0.25) is 0 Å². The molecule has 1 N–H and O–H groups in total. The molecule has 0 aliphatic heterocycles. The van der Waals surface area contributed by atoms with E-state index in [0.29, 0.717) is 5.69 Å². The standard InChI is InChI=1S/C19H18BrCl2NO5S/c1-11-7-14(8-12(2)19(11)20)23-17(24)10-28-18(25)5-6-29(26,27)16-9-13(21)3-4-15(16)22/h3-4,7-9H,5-6,10H2,1-2H3,(H,23,24). The Morgan fingerprint density at radius 1 is 1.10 bits per heavy atom. The van der Waals surface area contributed by atoms with Crippen LogP contribution in [0.4, 0.5) is 5.69 Å². The molecule has 2 aromatic carbocycles. The summed E-state index contributed by atoms with van der Waals surface area (Å²) in [6.45, 7) is 3.25. The number of hydrogen-bond donors (Lipinski definition) is 1. The zero-order valence-electron chi connectivity index (χ0n) is 15.6. The third kappa shape index (κ3) is 6.70. The van der Waals surface area contributed by atoms with E-state index in [-0.39, 0.29) is 14.9 Å². The normalized spacial score (nSPS) is 11.2. The number of hydrogen-bond acceptors (Lipinski definition) is 5. The van der Waals surface area contributed by atoms with Crippen LogP contribution in [0.15, 0.2) is 39.7 Å². The predicted octanol–water partition coefficient (Wildman–Crippen LogP) is 4.72. The molecule has 0 aliphatic rings. The minimum atomic E-state index is -3.83. The summed E-state index contributed by atoms with van der Waals surface area (Å²) in [5, 5.41) is 2.86. The van der Waals surface area contributed by atoms with E-state index in [1.54, 1.807) is 12.1 Å². The lowest BCUT2D eigenvalue weighted by atomic mass is 10.1. The number of aryl methyl sites for hydroxylation is 2. The van der Waals surface area contributed by atoms with Crippen molar-refractivity contribution < 1.29 is 22.7 Å². The van der Waals surface area contributed by atoms with Gasteiger partial charge in [0.05, 0.1) is 22.1 Å². The molecule has 0 atom stereocenters. The van der Waals surface area contributed by atoms with Gasteiger partial charge in [-0.1, -0.05) is 39.1 Å². The summed E-state index contributed by atoms with van der Waals surface area (Å²) >= 11 is 15.1. The zero-order valence-corrected chi connectivity index (χ0v) is 19.5. The fourth-order valence-corrected chi connectivity index (χ4v) is 4.74. The Kier molecular flexibility index (Phi) is 8.10. The van der Waals surface area contributed by atoms with E-state index in [0.717, 1.165) is 15.6 Å². The van der Waals surface area contributed by atoms with Crippen LogP contribution in [-0.2, 0) is 24.2 Å². The van der Waals surface area contributed by atoms with Gasteiger partial charge < -0.3 is 10.1 Å². The van der Waals surface area contributed by atoms with Crippen LogP contribution in [0, 0.1) is 13.8 Å². The molecule has 1 amide bonds. The van der Waals surface area contributed by atoms with Gasteiger partial charge in [0, 0.05) is 15.2 Å². The highest BCUT2D eigenvalue weighted by Crippen LogP contribution is 2.26. The number of sulfone groups is 1. The molecule has 0 radical (unpaired) electrons. The number of amides is 1. The monoisotopic (exact) mass is 521 g/mol. The number of benzene rings is 2. The number of esters is 1. The third-order valence-electron chi connectivity index (χ3n) is 3.89. The molecule has 0 fully saturated rings. The summed E-state index contributed by atoms with van der Waals surface area (Å²) in [5.74, 6) is -1.86. The molecule has 0 bridgehead atoms. The molecule has 0 heterocycles. The van der Waals surface area contributed by atoms with Crippen LogP contribution < -0.4 is 5.32 Å². The van der Waals surface area contributed by atoms with E-state index in [9.17, 15) is 18.0 Å². The number of halogens is 3. The van der Waals surface area contributed by atoms with Crippen LogP contribution in [0.5, 0.6) is 0 Å². The summed E-state index contributed by atoms with van der Waals surface area (Å²) in [6.07, 6.45) is -0.422. The van der Waals surface area contributed by atoms with Crippen molar-refractivity contribution in [1.82, 2.24) is 0 Å². The van der Waals surface area contributed by atoms with Crippen molar-refractivity contribution in [2.45, 2.75) is 25.2 Å². The van der Waals surface area contributed by atoms with Gasteiger partial charge in [-0.3, -0.25) is 9.59 Å². The fourth-order valence-electron chi connectivity index (χ4n) is 2.48. The molecule has 0 aliphatic carbocycles. The fraction of sp³-hybridized carbons (Fsp3) is 0.263. The highest BCUT2D eigenvalue weighted by molar-refractivity contribution is 9.10. The molecule has 2 rings (SSSR count). The molecule has 0 aromatic heterocycles. The second-order valence-corrected chi connectivity index (χ2v) is 9.99. The minimum absolute atomic E-state index is 0.0160. The average Bonchev–Trinajstić information content (AvgIpc) is 2.64. The van der Waals surface area contributed by atoms with E-state index in [2.05, 4.69) is 21.2 Å². The smallest absolute Gasteiger partial charge is 0.307 e. The summed E-state index contributed by atoms with van der Waals surface area (Å²) in [7, 11) is -3.83. The zero-order chi connectivity index (χ0) is 21.8. The Labute approximate surface area is 187 Å². The number of carbonyl (C=O) groups is 2. The average molecular weight is 523 g/mol. The molecule has 0 unspecified atom stereocenters. The SMILES string of the molecule is Cc1cc(NC(=O)COC(=O)CCS(=O)(=O)c2cc(Cl)ccc2Cl)cc(C)c1Br. The Bertz CT molecular complexity index is 1030. The lowest BCUT2D eigenvalue weighted by Gasteiger charge is -2.10. The molecular formula is C19H18BrCl2NO5S. The molecule has 2 aromatic rings. The van der Waals surface area contributed by atoms with Crippen molar-refractivity contribution in [2.75, 3.05) is 17.7 Å². The van der Waals surface area contributed by atoms with Crippen molar-refractivity contribution >= 4 is 66.5 Å². The second-order valence-electron chi connectivity index (χ2n) is 6.28. The summed E-state index contributed by atoms with van der Waals surface area (Å²) in [6, 6.07) is 7.60. The number of ether oxygens (including phenoxy) is 1. The Hall–Kier alpha value is -1.61. The highest BCUT2D eigenvalue weighted by Gasteiger charge is 2.21. The lowest BCUT2D eigenvalue weighted by molar-refractivity contribution is -0.146. The molecule has 29 heavy (non-hydrogen) atoms. The number of nitrogens with one attached hydrogen (secondary N) is 1. The minimum Gasteiger partial charge on any atom is -0.456 e. The topological polar surface area (TPSA) is 89.5 Å². The number of carbonyl (C=O) groups excluding carboxylic acids is 2. The van der Waals surface area contributed by atoms with Gasteiger partial charge in [0.25, 0.3) is 5.91 Å². The van der Waals surface area contributed by atoms with Crippen LogP contribution in [0.3, 0.4) is 0 Å². The first-order valence-electron chi connectivity index (χ1n) is 8.39. The maximum Gasteiger partial charge on any atom is 0.307 e. The first-order valence-corrected chi connectivity index (χ1v) is 11.6. The largest absolute Gasteiger partial charge is 0.456 e. The van der Waals surface area contributed by atoms with Gasteiger partial charge in [-0.25, -0.2) is 8.42 Å². The van der Waals surface area contributed by atoms with E-state index in [4.69, 9.17) is 27.9 Å². The molecule has 0 spiro atoms. The van der Waals surface area contributed by atoms with Gasteiger partial charge in [0.1, 0.15) is 0 Å². The van der Waals surface area contributed by atoms with Gasteiger partial charge in [-0.15, -0.1) is 0 Å². The van der Waals surface area contributed by atoms with Crippen molar-refractivity contribution in [3.63, 3.8) is 0 Å². The van der Waals surface area contributed by atoms with Crippen LogP contribution in [0.2, 0.25) is 10.0 Å². The number of rotatable bonds is 7. The van der Waals surface area contributed by atoms with Gasteiger partial charge >= 0.3 is 5.97 Å². The van der Waals surface area contributed by atoms with Crippen molar-refractivity contribution in [2.24, 2.45) is 0 Å². The summed E-state index contributed by atoms with van der Waals surface area (Å²) in [5.41, 5.74) is 2.46. The quantitative estimate of drug-likeness (QED) is 0.531. The van der Waals surface area contributed by atoms with E-state index in [1.165, 1.54) is 18.2 Å².